The zero-order valence-corrected chi connectivity index (χ0v) is 11.8. The molecule has 0 heterocycles. The summed E-state index contributed by atoms with van der Waals surface area (Å²) in [6.07, 6.45) is -0.709. The van der Waals surface area contributed by atoms with Crippen molar-refractivity contribution in [1.29, 1.82) is 0 Å². The molecule has 110 valence electrons. The normalized spacial score (nSPS) is 12.0. The van der Waals surface area contributed by atoms with Crippen LogP contribution in [0.25, 0.3) is 0 Å². The molecule has 0 bridgehead atoms. The first-order chi connectivity index (χ1) is 9.38. The number of benzene rings is 1. The van der Waals surface area contributed by atoms with Crippen LogP contribution in [-0.4, -0.2) is 42.7 Å². The number of non-ortho nitro benzene ring substituents is 1. The first kappa shape index (κ1) is 15.9. The van der Waals surface area contributed by atoms with Gasteiger partial charge >= 0.3 is 6.09 Å². The number of carbonyl (C=O) groups excluding carboxylic acids is 1. The van der Waals surface area contributed by atoms with Gasteiger partial charge in [0.05, 0.1) is 4.92 Å². The summed E-state index contributed by atoms with van der Waals surface area (Å²) in [4.78, 5) is 23.5. The molecular weight excluding hydrogens is 262 g/mol. The highest BCUT2D eigenvalue weighted by molar-refractivity contribution is 5.67. The van der Waals surface area contributed by atoms with Crippen molar-refractivity contribution in [2.75, 3.05) is 20.6 Å². The molecule has 0 fully saturated rings. The van der Waals surface area contributed by atoms with E-state index < -0.39 is 11.0 Å². The summed E-state index contributed by atoms with van der Waals surface area (Å²) in [6, 6.07) is 6.00. The third-order valence-corrected chi connectivity index (χ3v) is 2.51. The van der Waals surface area contributed by atoms with Crippen molar-refractivity contribution in [3.63, 3.8) is 0 Å². The van der Waals surface area contributed by atoms with Crippen LogP contribution in [0.2, 0.25) is 0 Å². The molecule has 1 aromatic carbocycles. The average molecular weight is 281 g/mol. The molecule has 0 spiro atoms. The number of nitrogens with zero attached hydrogens (tertiary/aromatic N) is 2. The second-order valence-electron chi connectivity index (χ2n) is 4.76. The molecular formula is C13H19N3O4. The van der Waals surface area contributed by atoms with Gasteiger partial charge in [0.1, 0.15) is 6.10 Å². The highest BCUT2D eigenvalue weighted by Crippen LogP contribution is 2.11. The predicted octanol–water partition coefficient (Wildman–Crippen LogP) is 1.77. The number of nitrogens with one attached hydrogen (secondary N) is 1. The van der Waals surface area contributed by atoms with E-state index in [1.54, 1.807) is 12.1 Å². The van der Waals surface area contributed by atoms with Gasteiger partial charge in [0.2, 0.25) is 0 Å². The van der Waals surface area contributed by atoms with Gasteiger partial charge in [-0.3, -0.25) is 10.1 Å². The van der Waals surface area contributed by atoms with Crippen LogP contribution in [0.5, 0.6) is 0 Å². The van der Waals surface area contributed by atoms with Crippen LogP contribution in [0.4, 0.5) is 10.5 Å². The Morgan fingerprint density at radius 1 is 1.40 bits per heavy atom. The number of amides is 1. The van der Waals surface area contributed by atoms with E-state index in [9.17, 15) is 14.9 Å². The molecule has 0 aliphatic rings. The summed E-state index contributed by atoms with van der Waals surface area (Å²) < 4.78 is 5.14. The van der Waals surface area contributed by atoms with Crippen molar-refractivity contribution in [2.24, 2.45) is 0 Å². The van der Waals surface area contributed by atoms with Crippen LogP contribution in [0.1, 0.15) is 12.5 Å². The first-order valence-corrected chi connectivity index (χ1v) is 6.21. The zero-order chi connectivity index (χ0) is 15.1. The summed E-state index contributed by atoms with van der Waals surface area (Å²) in [7, 11) is 3.79. The van der Waals surface area contributed by atoms with Crippen molar-refractivity contribution in [2.45, 2.75) is 19.6 Å². The number of alkyl carbamates (subject to hydrolysis) is 1. The van der Waals surface area contributed by atoms with Gasteiger partial charge < -0.3 is 15.0 Å². The van der Waals surface area contributed by atoms with Gasteiger partial charge in [0.15, 0.2) is 0 Å². The van der Waals surface area contributed by atoms with Crippen molar-refractivity contribution >= 4 is 11.8 Å². The number of hydrogen-bond acceptors (Lipinski definition) is 5. The molecule has 0 aromatic heterocycles. The van der Waals surface area contributed by atoms with Gasteiger partial charge in [-0.05, 0) is 26.6 Å². The molecule has 0 saturated heterocycles. The average Bonchev–Trinajstić information content (AvgIpc) is 2.35. The molecule has 1 unspecified atom stereocenters. The number of likely N-dealkylation sites (N-methyl/N-ethyl adjacent to an activating group) is 1. The topological polar surface area (TPSA) is 84.7 Å². The molecule has 7 heteroatoms. The smallest absolute Gasteiger partial charge is 0.407 e. The Hall–Kier alpha value is -2.15. The van der Waals surface area contributed by atoms with E-state index >= 15 is 0 Å². The summed E-state index contributed by atoms with van der Waals surface area (Å²) in [6.45, 7) is 2.72. The van der Waals surface area contributed by atoms with Crippen LogP contribution < -0.4 is 5.32 Å². The fourth-order valence-electron chi connectivity index (χ4n) is 1.69. The molecule has 1 aromatic rings. The quantitative estimate of drug-likeness (QED) is 0.634. The van der Waals surface area contributed by atoms with Crippen LogP contribution >= 0.6 is 0 Å². The first-order valence-electron chi connectivity index (χ1n) is 6.21. The van der Waals surface area contributed by atoms with E-state index in [1.807, 2.05) is 25.9 Å². The molecule has 0 aliphatic carbocycles. The van der Waals surface area contributed by atoms with E-state index in [2.05, 4.69) is 5.32 Å². The zero-order valence-electron chi connectivity index (χ0n) is 11.8. The minimum Gasteiger partial charge on any atom is -0.445 e. The molecule has 7 nitrogen and oxygen atoms in total. The maximum absolute atomic E-state index is 11.5. The Morgan fingerprint density at radius 3 is 2.50 bits per heavy atom. The lowest BCUT2D eigenvalue weighted by molar-refractivity contribution is -0.384. The van der Waals surface area contributed by atoms with Gasteiger partial charge in [-0.15, -0.1) is 0 Å². The Balaban J connectivity index is 2.39. The standard InChI is InChI=1S/C13H19N3O4/c1-10(9-15(2)3)20-13(17)14-8-11-4-6-12(7-5-11)16(18)19/h4-7,10H,8-9H2,1-3H3,(H,14,17). The summed E-state index contributed by atoms with van der Waals surface area (Å²) in [5.74, 6) is 0. The maximum Gasteiger partial charge on any atom is 0.407 e. The number of carbonyl (C=O) groups is 1. The van der Waals surface area contributed by atoms with Crippen LogP contribution in [0.15, 0.2) is 24.3 Å². The number of hydrogen-bond donors (Lipinski definition) is 1. The van der Waals surface area contributed by atoms with Gasteiger partial charge in [-0.1, -0.05) is 12.1 Å². The third-order valence-electron chi connectivity index (χ3n) is 2.51. The van der Waals surface area contributed by atoms with Crippen LogP contribution in [0, 0.1) is 10.1 Å². The van der Waals surface area contributed by atoms with E-state index in [1.165, 1.54) is 12.1 Å². The van der Waals surface area contributed by atoms with E-state index in [-0.39, 0.29) is 18.3 Å². The third kappa shape index (κ3) is 5.66. The Kier molecular flexibility index (Phi) is 5.92. The minimum absolute atomic E-state index is 0.0240. The fourth-order valence-corrected chi connectivity index (χ4v) is 1.69. The molecule has 1 amide bonds. The Labute approximate surface area is 117 Å². The number of ether oxygens (including phenoxy) is 1. The van der Waals surface area contributed by atoms with Crippen LogP contribution in [-0.2, 0) is 11.3 Å². The van der Waals surface area contributed by atoms with Gasteiger partial charge in [-0.25, -0.2) is 4.79 Å². The van der Waals surface area contributed by atoms with E-state index in [0.717, 1.165) is 5.56 Å². The molecule has 1 atom stereocenters. The number of nitro benzene ring substituents is 1. The lowest BCUT2D eigenvalue weighted by Crippen LogP contribution is -2.32. The SMILES string of the molecule is CC(CN(C)C)OC(=O)NCc1ccc([N+](=O)[O-])cc1. The number of nitro groups is 1. The minimum atomic E-state index is -0.502. The van der Waals surface area contributed by atoms with E-state index in [0.29, 0.717) is 6.54 Å². The highest BCUT2D eigenvalue weighted by atomic mass is 16.6. The molecule has 0 aliphatic heterocycles. The Morgan fingerprint density at radius 2 is 2.00 bits per heavy atom. The second-order valence-corrected chi connectivity index (χ2v) is 4.76. The second kappa shape index (κ2) is 7.44. The van der Waals surface area contributed by atoms with Gasteiger partial charge in [0.25, 0.3) is 5.69 Å². The van der Waals surface area contributed by atoms with E-state index in [4.69, 9.17) is 4.74 Å². The monoisotopic (exact) mass is 281 g/mol. The summed E-state index contributed by atoms with van der Waals surface area (Å²) in [5, 5.41) is 13.1. The molecule has 20 heavy (non-hydrogen) atoms. The van der Waals surface area contributed by atoms with Crippen molar-refractivity contribution in [3.05, 3.63) is 39.9 Å². The van der Waals surface area contributed by atoms with Gasteiger partial charge in [-0.2, -0.15) is 0 Å². The van der Waals surface area contributed by atoms with Crippen molar-refractivity contribution in [1.82, 2.24) is 10.2 Å². The summed E-state index contributed by atoms with van der Waals surface area (Å²) in [5.41, 5.74) is 0.795. The summed E-state index contributed by atoms with van der Waals surface area (Å²) >= 11 is 0. The van der Waals surface area contributed by atoms with Crippen molar-refractivity contribution in [3.8, 4) is 0 Å². The lowest BCUT2D eigenvalue weighted by Gasteiger charge is -2.17. The fraction of sp³-hybridized carbons (Fsp3) is 0.462. The predicted molar refractivity (Wildman–Crippen MR) is 74.4 cm³/mol. The molecule has 0 saturated carbocycles. The maximum atomic E-state index is 11.5. The molecule has 1 N–H and O–H groups in total. The van der Waals surface area contributed by atoms with Gasteiger partial charge in [0, 0.05) is 25.2 Å². The highest BCUT2D eigenvalue weighted by Gasteiger charge is 2.10. The molecule has 0 radical (unpaired) electrons. The molecule has 1 rings (SSSR count). The lowest BCUT2D eigenvalue weighted by atomic mass is 10.2. The number of rotatable bonds is 6. The Bertz CT molecular complexity index is 459. The largest absolute Gasteiger partial charge is 0.445 e. The van der Waals surface area contributed by atoms with Crippen molar-refractivity contribution < 1.29 is 14.5 Å². The van der Waals surface area contributed by atoms with Crippen LogP contribution in [0.3, 0.4) is 0 Å².